The van der Waals surface area contributed by atoms with E-state index in [0.717, 1.165) is 25.9 Å². The summed E-state index contributed by atoms with van der Waals surface area (Å²) < 4.78 is 5.65. The highest BCUT2D eigenvalue weighted by atomic mass is 16.5. The first-order valence-electron chi connectivity index (χ1n) is 6.83. The number of carbonyl (C=O) groups excluding carboxylic acids is 1. The van der Waals surface area contributed by atoms with Crippen molar-refractivity contribution in [3.05, 3.63) is 29.8 Å². The Morgan fingerprint density at radius 3 is 3.15 bits per heavy atom. The second-order valence-electron chi connectivity index (χ2n) is 4.86. The number of aliphatic hydroxyl groups excluding tert-OH is 1. The van der Waals surface area contributed by atoms with Crippen LogP contribution in [0.5, 0.6) is 5.75 Å². The summed E-state index contributed by atoms with van der Waals surface area (Å²) >= 11 is 0. The molecule has 0 radical (unpaired) electrons. The Bertz CT molecular complexity index is 453. The fourth-order valence-corrected chi connectivity index (χ4v) is 2.49. The van der Waals surface area contributed by atoms with Gasteiger partial charge in [-0.2, -0.15) is 0 Å². The second kappa shape index (κ2) is 7.23. The predicted octanol–water partition coefficient (Wildman–Crippen LogP) is 0.126. The number of carbonyl (C=O) groups is 1. The van der Waals surface area contributed by atoms with Crippen molar-refractivity contribution in [3.8, 4) is 5.75 Å². The smallest absolute Gasteiger partial charge is 0.265 e. The zero-order valence-corrected chi connectivity index (χ0v) is 11.4. The standard InChI is InChI=1S/C14H21N3O3/c15-16-14(19)11-3-1-5-13(9-11)20-8-7-17-6-2-4-12(17)10-18/h1,3,5,9,12,18H,2,4,6-8,10,15H2,(H,16,19). The van der Waals surface area contributed by atoms with Crippen LogP contribution in [0.2, 0.25) is 0 Å². The highest BCUT2D eigenvalue weighted by Crippen LogP contribution is 2.17. The van der Waals surface area contributed by atoms with Crippen molar-refractivity contribution < 1.29 is 14.6 Å². The number of rotatable bonds is 6. The number of amides is 1. The largest absolute Gasteiger partial charge is 0.492 e. The summed E-state index contributed by atoms with van der Waals surface area (Å²) in [6.07, 6.45) is 2.17. The number of ether oxygens (including phenoxy) is 1. The van der Waals surface area contributed by atoms with E-state index in [-0.39, 0.29) is 18.6 Å². The minimum absolute atomic E-state index is 0.201. The van der Waals surface area contributed by atoms with Gasteiger partial charge in [0, 0.05) is 18.2 Å². The molecule has 0 bridgehead atoms. The van der Waals surface area contributed by atoms with Crippen LogP contribution in [0.25, 0.3) is 0 Å². The average molecular weight is 279 g/mol. The summed E-state index contributed by atoms with van der Waals surface area (Å²) in [6.45, 7) is 2.51. The van der Waals surface area contributed by atoms with Crippen molar-refractivity contribution >= 4 is 5.91 Å². The van der Waals surface area contributed by atoms with Crippen molar-refractivity contribution in [1.29, 1.82) is 0 Å². The lowest BCUT2D eigenvalue weighted by atomic mass is 10.2. The first kappa shape index (κ1) is 14.8. The van der Waals surface area contributed by atoms with E-state index in [1.807, 2.05) is 0 Å². The molecule has 20 heavy (non-hydrogen) atoms. The first-order chi connectivity index (χ1) is 9.74. The second-order valence-corrected chi connectivity index (χ2v) is 4.86. The summed E-state index contributed by atoms with van der Waals surface area (Å²) in [6, 6.07) is 7.16. The van der Waals surface area contributed by atoms with Crippen LogP contribution in [-0.4, -0.2) is 48.3 Å². The maximum absolute atomic E-state index is 11.4. The van der Waals surface area contributed by atoms with E-state index in [1.165, 1.54) is 0 Å². The summed E-state index contributed by atoms with van der Waals surface area (Å²) in [5, 5.41) is 9.24. The van der Waals surface area contributed by atoms with E-state index in [1.54, 1.807) is 24.3 Å². The highest BCUT2D eigenvalue weighted by molar-refractivity contribution is 5.94. The minimum atomic E-state index is -0.338. The fourth-order valence-electron chi connectivity index (χ4n) is 2.49. The molecule has 110 valence electrons. The van der Waals surface area contributed by atoms with Gasteiger partial charge in [0.1, 0.15) is 12.4 Å². The first-order valence-corrected chi connectivity index (χ1v) is 6.83. The molecule has 2 rings (SSSR count). The molecule has 0 aromatic heterocycles. The third-order valence-electron chi connectivity index (χ3n) is 3.58. The maximum Gasteiger partial charge on any atom is 0.265 e. The van der Waals surface area contributed by atoms with Crippen molar-refractivity contribution in [2.24, 2.45) is 5.84 Å². The quantitative estimate of drug-likeness (QED) is 0.391. The molecule has 6 nitrogen and oxygen atoms in total. The zero-order valence-electron chi connectivity index (χ0n) is 11.4. The third kappa shape index (κ3) is 3.69. The van der Waals surface area contributed by atoms with Crippen molar-refractivity contribution in [2.75, 3.05) is 26.3 Å². The van der Waals surface area contributed by atoms with Gasteiger partial charge >= 0.3 is 0 Å². The Balaban J connectivity index is 1.83. The number of hydrogen-bond acceptors (Lipinski definition) is 5. The van der Waals surface area contributed by atoms with E-state index in [2.05, 4.69) is 10.3 Å². The van der Waals surface area contributed by atoms with Gasteiger partial charge in [0.25, 0.3) is 5.91 Å². The molecular formula is C14H21N3O3. The molecule has 1 aromatic rings. The SMILES string of the molecule is NNC(=O)c1cccc(OCCN2CCCC2CO)c1. The third-order valence-corrected chi connectivity index (χ3v) is 3.58. The van der Waals surface area contributed by atoms with E-state index >= 15 is 0 Å². The average Bonchev–Trinajstić information content (AvgIpc) is 2.94. The molecule has 1 saturated heterocycles. The number of likely N-dealkylation sites (tertiary alicyclic amines) is 1. The van der Waals surface area contributed by atoms with Gasteiger partial charge in [0.05, 0.1) is 6.61 Å². The molecule has 6 heteroatoms. The topological polar surface area (TPSA) is 87.8 Å². The monoisotopic (exact) mass is 279 g/mol. The van der Waals surface area contributed by atoms with Gasteiger partial charge in [-0.3, -0.25) is 15.1 Å². The lowest BCUT2D eigenvalue weighted by Crippen LogP contribution is -2.35. The van der Waals surface area contributed by atoms with Crippen LogP contribution in [0.1, 0.15) is 23.2 Å². The maximum atomic E-state index is 11.4. The molecule has 1 heterocycles. The molecule has 1 fully saturated rings. The molecule has 1 amide bonds. The molecule has 1 atom stereocenters. The number of benzene rings is 1. The van der Waals surface area contributed by atoms with Gasteiger partial charge in [0.2, 0.25) is 0 Å². The summed E-state index contributed by atoms with van der Waals surface area (Å²) in [5.74, 6) is 5.40. The van der Waals surface area contributed by atoms with Crippen LogP contribution < -0.4 is 16.0 Å². The Labute approximate surface area is 118 Å². The number of hydrazine groups is 1. The molecule has 0 aliphatic carbocycles. The van der Waals surface area contributed by atoms with Gasteiger partial charge in [-0.1, -0.05) is 6.07 Å². The Morgan fingerprint density at radius 2 is 2.40 bits per heavy atom. The number of hydrogen-bond donors (Lipinski definition) is 3. The van der Waals surface area contributed by atoms with Gasteiger partial charge in [0.15, 0.2) is 0 Å². The van der Waals surface area contributed by atoms with Gasteiger partial charge in [-0.15, -0.1) is 0 Å². The molecule has 1 aromatic carbocycles. The van der Waals surface area contributed by atoms with E-state index in [4.69, 9.17) is 10.6 Å². The lowest BCUT2D eigenvalue weighted by molar-refractivity contribution is 0.0953. The number of aliphatic hydroxyl groups is 1. The van der Waals surface area contributed by atoms with Crippen LogP contribution in [0.3, 0.4) is 0 Å². The van der Waals surface area contributed by atoms with Crippen molar-refractivity contribution in [1.82, 2.24) is 10.3 Å². The normalized spacial score (nSPS) is 19.0. The van der Waals surface area contributed by atoms with Crippen LogP contribution in [0.4, 0.5) is 0 Å². The molecular weight excluding hydrogens is 258 g/mol. The molecule has 0 spiro atoms. The fraction of sp³-hybridized carbons (Fsp3) is 0.500. The summed E-state index contributed by atoms with van der Waals surface area (Å²) in [7, 11) is 0. The molecule has 4 N–H and O–H groups in total. The van der Waals surface area contributed by atoms with E-state index < -0.39 is 0 Å². The van der Waals surface area contributed by atoms with Gasteiger partial charge in [-0.25, -0.2) is 5.84 Å². The van der Waals surface area contributed by atoms with Gasteiger partial charge < -0.3 is 9.84 Å². The molecule has 1 aliphatic heterocycles. The Morgan fingerprint density at radius 1 is 1.55 bits per heavy atom. The van der Waals surface area contributed by atoms with E-state index in [9.17, 15) is 9.90 Å². The highest BCUT2D eigenvalue weighted by Gasteiger charge is 2.23. The Hall–Kier alpha value is -1.63. The van der Waals surface area contributed by atoms with Crippen LogP contribution >= 0.6 is 0 Å². The summed E-state index contributed by atoms with van der Waals surface area (Å²) in [5.41, 5.74) is 2.56. The minimum Gasteiger partial charge on any atom is -0.492 e. The van der Waals surface area contributed by atoms with E-state index in [0.29, 0.717) is 17.9 Å². The van der Waals surface area contributed by atoms with Crippen LogP contribution in [0.15, 0.2) is 24.3 Å². The lowest BCUT2D eigenvalue weighted by Gasteiger charge is -2.22. The van der Waals surface area contributed by atoms with Crippen molar-refractivity contribution in [2.45, 2.75) is 18.9 Å². The van der Waals surface area contributed by atoms with Gasteiger partial charge in [-0.05, 0) is 37.6 Å². The zero-order chi connectivity index (χ0) is 14.4. The Kier molecular flexibility index (Phi) is 5.34. The number of nitrogens with one attached hydrogen (secondary N) is 1. The molecule has 1 unspecified atom stereocenters. The van der Waals surface area contributed by atoms with Crippen LogP contribution in [-0.2, 0) is 0 Å². The van der Waals surface area contributed by atoms with Crippen molar-refractivity contribution in [3.63, 3.8) is 0 Å². The number of nitrogens with two attached hydrogens (primary N) is 1. The predicted molar refractivity (Wildman–Crippen MR) is 75.3 cm³/mol. The van der Waals surface area contributed by atoms with Crippen LogP contribution in [0, 0.1) is 0 Å². The molecule has 1 aliphatic rings. The number of nitrogen functional groups attached to an aromatic ring is 1. The molecule has 0 saturated carbocycles. The summed E-state index contributed by atoms with van der Waals surface area (Å²) in [4.78, 5) is 13.6. The number of nitrogens with zero attached hydrogens (tertiary/aromatic N) is 1.